The molecule has 0 fully saturated rings. The third kappa shape index (κ3) is 5.08. The summed E-state index contributed by atoms with van der Waals surface area (Å²) in [5.41, 5.74) is 2.89. The largest absolute Gasteiger partial charge is 0.491 e. The van der Waals surface area contributed by atoms with E-state index in [4.69, 9.17) is 4.74 Å². The highest BCUT2D eigenvalue weighted by Gasteiger charge is 2.24. The second-order valence-corrected chi connectivity index (χ2v) is 6.88. The van der Waals surface area contributed by atoms with Gasteiger partial charge in [-0.25, -0.2) is 0 Å². The van der Waals surface area contributed by atoms with Crippen LogP contribution in [0.25, 0.3) is 0 Å². The minimum atomic E-state index is -0.197. The quantitative estimate of drug-likeness (QED) is 0.850. The Morgan fingerprint density at radius 3 is 2.56 bits per heavy atom. The van der Waals surface area contributed by atoms with Crippen LogP contribution in [0.1, 0.15) is 17.5 Å². The average molecular weight is 367 g/mol. The van der Waals surface area contributed by atoms with E-state index in [1.807, 2.05) is 44.4 Å². The molecule has 27 heavy (non-hydrogen) atoms. The van der Waals surface area contributed by atoms with Crippen LogP contribution in [-0.4, -0.2) is 44.0 Å². The number of fused-ring (bicyclic) bond motifs is 1. The second-order valence-electron chi connectivity index (χ2n) is 6.88. The van der Waals surface area contributed by atoms with Crippen molar-refractivity contribution < 1.29 is 14.3 Å². The standard InChI is InChI=1S/C21H25N3O3/c1-23(2)14-17-9-7-16(8-10-17)13-22-20(25)15-24-18-5-3-4-6-19(18)27-12-11-21(24)26/h3-10H,11-15H2,1-2H3,(H,22,25). The predicted molar refractivity (Wildman–Crippen MR) is 105 cm³/mol. The fraction of sp³-hybridized carbons (Fsp3) is 0.333. The van der Waals surface area contributed by atoms with E-state index in [-0.39, 0.29) is 24.8 Å². The number of anilines is 1. The van der Waals surface area contributed by atoms with Crippen molar-refractivity contribution in [1.82, 2.24) is 10.2 Å². The molecule has 0 saturated carbocycles. The zero-order valence-corrected chi connectivity index (χ0v) is 15.8. The Morgan fingerprint density at radius 2 is 1.81 bits per heavy atom. The smallest absolute Gasteiger partial charge is 0.240 e. The van der Waals surface area contributed by atoms with Gasteiger partial charge in [0, 0.05) is 13.1 Å². The lowest BCUT2D eigenvalue weighted by Crippen LogP contribution is -2.40. The lowest BCUT2D eigenvalue weighted by molar-refractivity contribution is -0.124. The molecule has 142 valence electrons. The molecule has 0 radical (unpaired) electrons. The third-order valence-corrected chi connectivity index (χ3v) is 4.34. The van der Waals surface area contributed by atoms with Crippen LogP contribution in [0.3, 0.4) is 0 Å². The summed E-state index contributed by atoms with van der Waals surface area (Å²) in [7, 11) is 4.06. The maximum absolute atomic E-state index is 12.4. The molecule has 2 aromatic carbocycles. The molecule has 0 spiro atoms. The lowest BCUT2D eigenvalue weighted by Gasteiger charge is -2.21. The van der Waals surface area contributed by atoms with Crippen molar-refractivity contribution >= 4 is 17.5 Å². The van der Waals surface area contributed by atoms with Gasteiger partial charge < -0.3 is 15.0 Å². The highest BCUT2D eigenvalue weighted by atomic mass is 16.5. The molecular formula is C21H25N3O3. The first-order valence-corrected chi connectivity index (χ1v) is 9.04. The Bertz CT molecular complexity index is 803. The Balaban J connectivity index is 1.59. The number of hydrogen-bond acceptors (Lipinski definition) is 4. The van der Waals surface area contributed by atoms with Gasteiger partial charge in [0.1, 0.15) is 12.3 Å². The van der Waals surface area contributed by atoms with E-state index in [0.29, 0.717) is 24.6 Å². The van der Waals surface area contributed by atoms with Gasteiger partial charge in [0.25, 0.3) is 0 Å². The van der Waals surface area contributed by atoms with Crippen molar-refractivity contribution in [2.75, 3.05) is 32.1 Å². The minimum absolute atomic E-state index is 0.0160. The van der Waals surface area contributed by atoms with E-state index >= 15 is 0 Å². The SMILES string of the molecule is CN(C)Cc1ccc(CNC(=O)CN2C(=O)CCOc3ccccc32)cc1. The van der Waals surface area contributed by atoms with Crippen molar-refractivity contribution in [3.05, 3.63) is 59.7 Å². The molecule has 0 atom stereocenters. The van der Waals surface area contributed by atoms with Crippen LogP contribution in [0.5, 0.6) is 5.75 Å². The van der Waals surface area contributed by atoms with Crippen LogP contribution in [0.2, 0.25) is 0 Å². The monoisotopic (exact) mass is 367 g/mol. The Kier molecular flexibility index (Phi) is 6.08. The molecule has 1 N–H and O–H groups in total. The van der Waals surface area contributed by atoms with Crippen molar-refractivity contribution in [2.24, 2.45) is 0 Å². The molecule has 3 rings (SSSR count). The molecule has 0 bridgehead atoms. The maximum atomic E-state index is 12.4. The van der Waals surface area contributed by atoms with Gasteiger partial charge in [0.05, 0.1) is 18.7 Å². The number of hydrogen-bond donors (Lipinski definition) is 1. The maximum Gasteiger partial charge on any atom is 0.240 e. The number of amides is 2. The number of ether oxygens (including phenoxy) is 1. The van der Waals surface area contributed by atoms with E-state index < -0.39 is 0 Å². The molecule has 6 heteroatoms. The highest BCUT2D eigenvalue weighted by molar-refractivity contribution is 6.00. The molecule has 0 unspecified atom stereocenters. The van der Waals surface area contributed by atoms with Crippen LogP contribution < -0.4 is 15.0 Å². The van der Waals surface area contributed by atoms with E-state index in [0.717, 1.165) is 12.1 Å². The predicted octanol–water partition coefficient (Wildman–Crippen LogP) is 2.18. The first-order valence-electron chi connectivity index (χ1n) is 9.04. The van der Waals surface area contributed by atoms with Gasteiger partial charge in [-0.3, -0.25) is 14.5 Å². The van der Waals surface area contributed by atoms with Crippen LogP contribution in [0.4, 0.5) is 5.69 Å². The van der Waals surface area contributed by atoms with E-state index in [9.17, 15) is 9.59 Å². The third-order valence-electron chi connectivity index (χ3n) is 4.34. The molecule has 1 aliphatic rings. The normalized spacial score (nSPS) is 13.7. The summed E-state index contributed by atoms with van der Waals surface area (Å²) < 4.78 is 5.60. The molecule has 2 aromatic rings. The van der Waals surface area contributed by atoms with E-state index in [1.54, 1.807) is 6.07 Å². The van der Waals surface area contributed by atoms with Crippen molar-refractivity contribution in [3.63, 3.8) is 0 Å². The zero-order chi connectivity index (χ0) is 19.2. The van der Waals surface area contributed by atoms with Crippen LogP contribution in [0, 0.1) is 0 Å². The molecule has 1 aliphatic heterocycles. The number of carbonyl (C=O) groups is 2. The second kappa shape index (κ2) is 8.68. The summed E-state index contributed by atoms with van der Waals surface area (Å²) in [5.74, 6) is 0.327. The Labute approximate surface area is 159 Å². The summed E-state index contributed by atoms with van der Waals surface area (Å²) in [6.45, 7) is 1.62. The molecule has 1 heterocycles. The number of rotatable bonds is 6. The minimum Gasteiger partial charge on any atom is -0.491 e. The van der Waals surface area contributed by atoms with Gasteiger partial charge in [-0.1, -0.05) is 36.4 Å². The first-order chi connectivity index (χ1) is 13.0. The topological polar surface area (TPSA) is 61.9 Å². The van der Waals surface area contributed by atoms with Gasteiger partial charge in [0.15, 0.2) is 0 Å². The first kappa shape index (κ1) is 18.9. The summed E-state index contributed by atoms with van der Waals surface area (Å²) in [6, 6.07) is 15.5. The molecule has 0 aromatic heterocycles. The summed E-state index contributed by atoms with van der Waals surface area (Å²) >= 11 is 0. The number of nitrogens with one attached hydrogen (secondary N) is 1. The highest BCUT2D eigenvalue weighted by Crippen LogP contribution is 2.30. The summed E-state index contributed by atoms with van der Waals surface area (Å²) in [6.07, 6.45) is 0.259. The fourth-order valence-electron chi connectivity index (χ4n) is 3.02. The summed E-state index contributed by atoms with van der Waals surface area (Å²) in [4.78, 5) is 28.4. The average Bonchev–Trinajstić information content (AvgIpc) is 2.80. The van der Waals surface area contributed by atoms with Gasteiger partial charge in [-0.05, 0) is 37.4 Å². The van der Waals surface area contributed by atoms with Gasteiger partial charge in [0.2, 0.25) is 11.8 Å². The lowest BCUT2D eigenvalue weighted by atomic mass is 10.1. The van der Waals surface area contributed by atoms with Gasteiger partial charge in [-0.15, -0.1) is 0 Å². The van der Waals surface area contributed by atoms with Crippen molar-refractivity contribution in [2.45, 2.75) is 19.5 Å². The van der Waals surface area contributed by atoms with Gasteiger partial charge >= 0.3 is 0 Å². The molecule has 6 nitrogen and oxygen atoms in total. The molecule has 2 amide bonds. The molecule has 0 aliphatic carbocycles. The Hall–Kier alpha value is -2.86. The number of benzene rings is 2. The van der Waals surface area contributed by atoms with Crippen molar-refractivity contribution in [3.8, 4) is 5.75 Å². The zero-order valence-electron chi connectivity index (χ0n) is 15.8. The van der Waals surface area contributed by atoms with E-state index in [1.165, 1.54) is 10.5 Å². The van der Waals surface area contributed by atoms with Gasteiger partial charge in [-0.2, -0.15) is 0 Å². The van der Waals surface area contributed by atoms with Crippen LogP contribution in [0.15, 0.2) is 48.5 Å². The summed E-state index contributed by atoms with van der Waals surface area (Å²) in [5, 5.41) is 2.89. The fourth-order valence-corrected chi connectivity index (χ4v) is 3.02. The van der Waals surface area contributed by atoms with E-state index in [2.05, 4.69) is 22.3 Å². The molecular weight excluding hydrogens is 342 g/mol. The van der Waals surface area contributed by atoms with Crippen molar-refractivity contribution in [1.29, 1.82) is 0 Å². The number of para-hydroxylation sites is 2. The molecule has 0 saturated heterocycles. The number of carbonyl (C=O) groups excluding carboxylic acids is 2. The van der Waals surface area contributed by atoms with Crippen LogP contribution >= 0.6 is 0 Å². The van der Waals surface area contributed by atoms with Crippen LogP contribution in [-0.2, 0) is 22.7 Å². The Morgan fingerprint density at radius 1 is 1.11 bits per heavy atom. The number of nitrogens with zero attached hydrogens (tertiary/aromatic N) is 2.